The molecule has 78 valence electrons. The van der Waals surface area contributed by atoms with Crippen molar-refractivity contribution in [3.05, 3.63) is 11.6 Å². The SMILES string of the molecule is CCC(C)C1=CC(CC(=O)O)OC1=O. The molecule has 1 aliphatic rings. The standard InChI is InChI=1S/C10H14O4/c1-3-6(2)8-4-7(5-9(11)12)14-10(8)13/h4,6-7H,3,5H2,1-2H3,(H,11,12). The molecular weight excluding hydrogens is 184 g/mol. The summed E-state index contributed by atoms with van der Waals surface area (Å²) >= 11 is 0. The van der Waals surface area contributed by atoms with Gasteiger partial charge in [-0.15, -0.1) is 0 Å². The molecule has 0 fully saturated rings. The number of rotatable bonds is 4. The Hall–Kier alpha value is -1.32. The van der Waals surface area contributed by atoms with Gasteiger partial charge in [-0.2, -0.15) is 0 Å². The lowest BCUT2D eigenvalue weighted by atomic mass is 9.98. The van der Waals surface area contributed by atoms with E-state index in [4.69, 9.17) is 9.84 Å². The highest BCUT2D eigenvalue weighted by molar-refractivity contribution is 5.91. The van der Waals surface area contributed by atoms with Crippen molar-refractivity contribution < 1.29 is 19.4 Å². The first-order valence-corrected chi connectivity index (χ1v) is 4.69. The van der Waals surface area contributed by atoms with Crippen LogP contribution < -0.4 is 0 Å². The first-order chi connectivity index (χ1) is 6.54. The summed E-state index contributed by atoms with van der Waals surface area (Å²) in [6.07, 6.45) is 1.75. The molecule has 1 N–H and O–H groups in total. The number of ether oxygens (including phenoxy) is 1. The Bertz CT molecular complexity index is 280. The monoisotopic (exact) mass is 198 g/mol. The van der Waals surface area contributed by atoms with Crippen LogP contribution >= 0.6 is 0 Å². The molecule has 2 unspecified atom stereocenters. The van der Waals surface area contributed by atoms with Gasteiger partial charge in [0.05, 0.1) is 6.42 Å². The van der Waals surface area contributed by atoms with Crippen molar-refractivity contribution in [1.29, 1.82) is 0 Å². The van der Waals surface area contributed by atoms with Crippen molar-refractivity contribution in [3.8, 4) is 0 Å². The van der Waals surface area contributed by atoms with E-state index in [1.165, 1.54) is 0 Å². The fourth-order valence-corrected chi connectivity index (χ4v) is 1.37. The van der Waals surface area contributed by atoms with E-state index < -0.39 is 12.1 Å². The molecular formula is C10H14O4. The topological polar surface area (TPSA) is 63.6 Å². The number of carboxylic acid groups (broad SMARTS) is 1. The minimum atomic E-state index is -0.954. The fourth-order valence-electron chi connectivity index (χ4n) is 1.37. The third-order valence-corrected chi connectivity index (χ3v) is 2.38. The first-order valence-electron chi connectivity index (χ1n) is 4.69. The predicted molar refractivity (Wildman–Crippen MR) is 49.7 cm³/mol. The smallest absolute Gasteiger partial charge is 0.334 e. The molecule has 0 aromatic rings. The van der Waals surface area contributed by atoms with Crippen molar-refractivity contribution in [2.24, 2.45) is 5.92 Å². The lowest BCUT2D eigenvalue weighted by Crippen LogP contribution is -2.13. The van der Waals surface area contributed by atoms with Gasteiger partial charge in [0.25, 0.3) is 0 Å². The number of hydrogen-bond donors (Lipinski definition) is 1. The second kappa shape index (κ2) is 4.26. The normalized spacial score (nSPS) is 22.9. The van der Waals surface area contributed by atoms with Gasteiger partial charge in [-0.25, -0.2) is 4.79 Å². The molecule has 1 rings (SSSR count). The third-order valence-electron chi connectivity index (χ3n) is 2.38. The van der Waals surface area contributed by atoms with Crippen LogP contribution in [0.2, 0.25) is 0 Å². The van der Waals surface area contributed by atoms with Crippen LogP contribution in [-0.4, -0.2) is 23.1 Å². The van der Waals surface area contributed by atoms with E-state index in [0.29, 0.717) is 5.57 Å². The highest BCUT2D eigenvalue weighted by atomic mass is 16.5. The summed E-state index contributed by atoms with van der Waals surface area (Å²) in [5.74, 6) is -1.18. The molecule has 0 radical (unpaired) electrons. The predicted octanol–water partition coefficient (Wildman–Crippen LogP) is 1.36. The molecule has 0 saturated heterocycles. The van der Waals surface area contributed by atoms with E-state index in [1.807, 2.05) is 13.8 Å². The third kappa shape index (κ3) is 2.34. The Balaban J connectivity index is 2.67. The average Bonchev–Trinajstić information content (AvgIpc) is 2.44. The molecule has 0 spiro atoms. The molecule has 1 aliphatic heterocycles. The van der Waals surface area contributed by atoms with Crippen LogP contribution in [0.5, 0.6) is 0 Å². The van der Waals surface area contributed by atoms with E-state index in [-0.39, 0.29) is 18.3 Å². The maximum absolute atomic E-state index is 11.3. The van der Waals surface area contributed by atoms with E-state index in [1.54, 1.807) is 6.08 Å². The Morgan fingerprint density at radius 3 is 2.86 bits per heavy atom. The van der Waals surface area contributed by atoms with Crippen LogP contribution in [0.3, 0.4) is 0 Å². The van der Waals surface area contributed by atoms with Gasteiger partial charge in [0.15, 0.2) is 0 Å². The second-order valence-corrected chi connectivity index (χ2v) is 3.47. The van der Waals surface area contributed by atoms with Crippen LogP contribution in [0.15, 0.2) is 11.6 Å². The van der Waals surface area contributed by atoms with E-state index >= 15 is 0 Å². The Morgan fingerprint density at radius 2 is 2.36 bits per heavy atom. The number of hydrogen-bond acceptors (Lipinski definition) is 3. The van der Waals surface area contributed by atoms with Gasteiger partial charge in [-0.1, -0.05) is 13.8 Å². The van der Waals surface area contributed by atoms with Crippen molar-refractivity contribution >= 4 is 11.9 Å². The van der Waals surface area contributed by atoms with E-state index in [9.17, 15) is 9.59 Å². The Kier molecular flexibility index (Phi) is 3.28. The minimum Gasteiger partial charge on any atom is -0.481 e. The van der Waals surface area contributed by atoms with Crippen LogP contribution in [0, 0.1) is 5.92 Å². The summed E-state index contributed by atoms with van der Waals surface area (Å²) < 4.78 is 4.90. The van der Waals surface area contributed by atoms with Crippen LogP contribution in [0.1, 0.15) is 26.7 Å². The maximum atomic E-state index is 11.3. The summed E-state index contributed by atoms with van der Waals surface area (Å²) in [4.78, 5) is 21.7. The van der Waals surface area contributed by atoms with Gasteiger partial charge in [-0.3, -0.25) is 4.79 Å². The molecule has 0 bridgehead atoms. The second-order valence-electron chi connectivity index (χ2n) is 3.47. The fraction of sp³-hybridized carbons (Fsp3) is 0.600. The molecule has 0 aliphatic carbocycles. The van der Waals surface area contributed by atoms with Gasteiger partial charge < -0.3 is 9.84 Å². The zero-order chi connectivity index (χ0) is 10.7. The van der Waals surface area contributed by atoms with E-state index in [0.717, 1.165) is 6.42 Å². The molecule has 4 heteroatoms. The van der Waals surface area contributed by atoms with Gasteiger partial charge in [-0.05, 0) is 18.4 Å². The molecule has 1 heterocycles. The molecule has 0 aromatic heterocycles. The van der Waals surface area contributed by atoms with Crippen molar-refractivity contribution in [3.63, 3.8) is 0 Å². The number of carboxylic acids is 1. The van der Waals surface area contributed by atoms with Crippen LogP contribution in [-0.2, 0) is 14.3 Å². The van der Waals surface area contributed by atoms with Crippen molar-refractivity contribution in [2.45, 2.75) is 32.8 Å². The quantitative estimate of drug-likeness (QED) is 0.693. The van der Waals surface area contributed by atoms with Gasteiger partial charge in [0, 0.05) is 5.57 Å². The van der Waals surface area contributed by atoms with E-state index in [2.05, 4.69) is 0 Å². The zero-order valence-corrected chi connectivity index (χ0v) is 8.32. The molecule has 0 saturated carbocycles. The minimum absolute atomic E-state index is 0.140. The number of cyclic esters (lactones) is 1. The molecule has 14 heavy (non-hydrogen) atoms. The summed E-state index contributed by atoms with van der Waals surface area (Å²) in [5.41, 5.74) is 0.610. The molecule has 4 nitrogen and oxygen atoms in total. The van der Waals surface area contributed by atoms with Gasteiger partial charge in [0.1, 0.15) is 6.10 Å². The molecule has 0 amide bonds. The lowest BCUT2D eigenvalue weighted by molar-refractivity contribution is -0.145. The number of esters is 1. The molecule has 2 atom stereocenters. The van der Waals surface area contributed by atoms with Gasteiger partial charge in [0.2, 0.25) is 0 Å². The Labute approximate surface area is 82.6 Å². The van der Waals surface area contributed by atoms with Crippen molar-refractivity contribution in [2.75, 3.05) is 0 Å². The number of carbonyl (C=O) groups is 2. The highest BCUT2D eigenvalue weighted by Gasteiger charge is 2.29. The maximum Gasteiger partial charge on any atom is 0.334 e. The summed E-state index contributed by atoms with van der Waals surface area (Å²) in [7, 11) is 0. The Morgan fingerprint density at radius 1 is 1.71 bits per heavy atom. The number of aliphatic carboxylic acids is 1. The lowest BCUT2D eigenvalue weighted by Gasteiger charge is -2.06. The summed E-state index contributed by atoms with van der Waals surface area (Å²) in [6, 6.07) is 0. The van der Waals surface area contributed by atoms with Crippen LogP contribution in [0.25, 0.3) is 0 Å². The zero-order valence-electron chi connectivity index (χ0n) is 8.32. The summed E-state index contributed by atoms with van der Waals surface area (Å²) in [5, 5.41) is 8.52. The van der Waals surface area contributed by atoms with Gasteiger partial charge >= 0.3 is 11.9 Å². The van der Waals surface area contributed by atoms with Crippen molar-refractivity contribution in [1.82, 2.24) is 0 Å². The number of carbonyl (C=O) groups excluding carboxylic acids is 1. The van der Waals surface area contributed by atoms with Crippen LogP contribution in [0.4, 0.5) is 0 Å². The molecule has 0 aromatic carbocycles. The average molecular weight is 198 g/mol. The highest BCUT2D eigenvalue weighted by Crippen LogP contribution is 2.24. The largest absolute Gasteiger partial charge is 0.481 e. The summed E-state index contributed by atoms with van der Waals surface area (Å²) in [6.45, 7) is 3.90. The first kappa shape index (κ1) is 10.8.